The summed E-state index contributed by atoms with van der Waals surface area (Å²) >= 11 is 0. The molecule has 0 saturated carbocycles. The molecule has 0 aliphatic heterocycles. The van der Waals surface area contributed by atoms with Crippen molar-refractivity contribution in [2.24, 2.45) is 5.41 Å². The van der Waals surface area contributed by atoms with Crippen LogP contribution < -0.4 is 0 Å². The van der Waals surface area contributed by atoms with E-state index in [0.717, 1.165) is 23.3 Å². The molecule has 1 aromatic rings. The van der Waals surface area contributed by atoms with Crippen molar-refractivity contribution < 1.29 is 4.21 Å². The molecule has 0 aliphatic rings. The lowest BCUT2D eigenvalue weighted by Gasteiger charge is -2.14. The molecule has 0 aliphatic carbocycles. The molecule has 0 radical (unpaired) electrons. The van der Waals surface area contributed by atoms with Gasteiger partial charge in [0.05, 0.1) is 22.3 Å². The van der Waals surface area contributed by atoms with Crippen LogP contribution in [0.2, 0.25) is 0 Å². The van der Waals surface area contributed by atoms with Crippen LogP contribution in [0.1, 0.15) is 32.3 Å². The van der Waals surface area contributed by atoms with Gasteiger partial charge in [-0.05, 0) is 45.2 Å². The summed E-state index contributed by atoms with van der Waals surface area (Å²) in [6.45, 7) is 5.82. The van der Waals surface area contributed by atoms with Gasteiger partial charge < -0.3 is 0 Å². The van der Waals surface area contributed by atoms with E-state index < -0.39 is 10.8 Å². The predicted octanol–water partition coefficient (Wildman–Crippen LogP) is 3.43. The minimum Gasteiger partial charge on any atom is -0.254 e. The Bertz CT molecular complexity index is 446. The average molecular weight is 249 g/mol. The minimum absolute atomic E-state index is 0.310. The molecule has 0 fully saturated rings. The summed E-state index contributed by atoms with van der Waals surface area (Å²) in [7, 11) is -0.941. The lowest BCUT2D eigenvalue weighted by atomic mass is 9.90. The Labute approximate surface area is 106 Å². The third-order valence-corrected chi connectivity index (χ3v) is 4.38. The van der Waals surface area contributed by atoms with Crippen LogP contribution in [0.25, 0.3) is 0 Å². The first-order valence-electron chi connectivity index (χ1n) is 5.81. The van der Waals surface area contributed by atoms with Crippen molar-refractivity contribution in [3.8, 4) is 6.07 Å². The van der Waals surface area contributed by atoms with E-state index in [1.807, 2.05) is 45.0 Å². The fourth-order valence-electron chi connectivity index (χ4n) is 1.62. The van der Waals surface area contributed by atoms with Gasteiger partial charge >= 0.3 is 0 Å². The van der Waals surface area contributed by atoms with E-state index >= 15 is 0 Å². The van der Waals surface area contributed by atoms with Crippen molar-refractivity contribution >= 4 is 10.8 Å². The summed E-state index contributed by atoms with van der Waals surface area (Å²) < 4.78 is 12.1. The van der Waals surface area contributed by atoms with Gasteiger partial charge in [0.25, 0.3) is 0 Å². The summed E-state index contributed by atoms with van der Waals surface area (Å²) in [5.74, 6) is 0.635. The SMILES string of the molecule is Cc1ccccc1S(=O)CCCC(C)(C)C#N. The van der Waals surface area contributed by atoms with Crippen LogP contribution in [0.5, 0.6) is 0 Å². The largest absolute Gasteiger partial charge is 0.254 e. The first-order chi connectivity index (χ1) is 7.96. The van der Waals surface area contributed by atoms with Gasteiger partial charge in [-0.15, -0.1) is 0 Å². The van der Waals surface area contributed by atoms with Crippen LogP contribution in [0.3, 0.4) is 0 Å². The highest BCUT2D eigenvalue weighted by Crippen LogP contribution is 2.22. The number of aryl methyl sites for hydroxylation is 1. The van der Waals surface area contributed by atoms with Crippen LogP contribution in [0.4, 0.5) is 0 Å². The zero-order chi connectivity index (χ0) is 12.9. The Morgan fingerprint density at radius 3 is 2.59 bits per heavy atom. The van der Waals surface area contributed by atoms with Crippen molar-refractivity contribution in [2.75, 3.05) is 5.75 Å². The molecular formula is C14H19NOS. The Morgan fingerprint density at radius 2 is 2.00 bits per heavy atom. The molecule has 92 valence electrons. The van der Waals surface area contributed by atoms with Crippen LogP contribution in [0.15, 0.2) is 29.2 Å². The molecule has 3 heteroatoms. The quantitative estimate of drug-likeness (QED) is 0.802. The monoisotopic (exact) mass is 249 g/mol. The average Bonchev–Trinajstić information content (AvgIpc) is 2.29. The predicted molar refractivity (Wildman–Crippen MR) is 71.1 cm³/mol. The van der Waals surface area contributed by atoms with E-state index in [1.54, 1.807) is 0 Å². The number of hydrogen-bond donors (Lipinski definition) is 0. The number of nitrogens with zero attached hydrogens (tertiary/aromatic N) is 1. The van der Waals surface area contributed by atoms with Crippen molar-refractivity contribution in [3.05, 3.63) is 29.8 Å². The van der Waals surface area contributed by atoms with Crippen molar-refractivity contribution in [1.82, 2.24) is 0 Å². The normalized spacial score (nSPS) is 13.1. The van der Waals surface area contributed by atoms with Crippen LogP contribution in [-0.4, -0.2) is 9.96 Å². The van der Waals surface area contributed by atoms with Crippen LogP contribution >= 0.6 is 0 Å². The molecule has 0 heterocycles. The van der Waals surface area contributed by atoms with E-state index in [0.29, 0.717) is 5.75 Å². The summed E-state index contributed by atoms with van der Waals surface area (Å²) in [5.41, 5.74) is 0.765. The smallest absolute Gasteiger partial charge is 0.0683 e. The van der Waals surface area contributed by atoms with Crippen molar-refractivity contribution in [2.45, 2.75) is 38.5 Å². The summed E-state index contributed by atoms with van der Waals surface area (Å²) in [6.07, 6.45) is 1.61. The maximum Gasteiger partial charge on any atom is 0.0683 e. The molecule has 0 saturated heterocycles. The van der Waals surface area contributed by atoms with Crippen LogP contribution in [0, 0.1) is 23.7 Å². The molecule has 0 spiro atoms. The number of benzene rings is 1. The van der Waals surface area contributed by atoms with E-state index in [4.69, 9.17) is 5.26 Å². The number of hydrogen-bond acceptors (Lipinski definition) is 2. The highest BCUT2D eigenvalue weighted by atomic mass is 32.2. The third-order valence-electron chi connectivity index (χ3n) is 2.77. The zero-order valence-corrected chi connectivity index (χ0v) is 11.5. The Morgan fingerprint density at radius 1 is 1.35 bits per heavy atom. The first kappa shape index (κ1) is 13.9. The fraction of sp³-hybridized carbons (Fsp3) is 0.500. The highest BCUT2D eigenvalue weighted by Gasteiger charge is 2.16. The van der Waals surface area contributed by atoms with Gasteiger partial charge in [-0.3, -0.25) is 4.21 Å². The molecular weight excluding hydrogens is 230 g/mol. The second-order valence-corrected chi connectivity index (χ2v) is 6.45. The number of rotatable bonds is 5. The van der Waals surface area contributed by atoms with Gasteiger partial charge in [0.15, 0.2) is 0 Å². The van der Waals surface area contributed by atoms with E-state index in [1.165, 1.54) is 0 Å². The standard InChI is InChI=1S/C14H19NOS/c1-12-7-4-5-8-13(12)17(16)10-6-9-14(2,3)11-15/h4-5,7-8H,6,9-10H2,1-3H3. The Kier molecular flexibility index (Phi) is 4.89. The van der Waals surface area contributed by atoms with E-state index in [9.17, 15) is 4.21 Å². The zero-order valence-electron chi connectivity index (χ0n) is 10.7. The molecule has 0 amide bonds. The fourth-order valence-corrected chi connectivity index (χ4v) is 2.91. The lowest BCUT2D eigenvalue weighted by molar-refractivity contribution is 0.447. The topological polar surface area (TPSA) is 40.9 Å². The van der Waals surface area contributed by atoms with Gasteiger partial charge in [-0.25, -0.2) is 0 Å². The molecule has 0 aromatic heterocycles. The van der Waals surface area contributed by atoms with Gasteiger partial charge in [-0.1, -0.05) is 18.2 Å². The summed E-state index contributed by atoms with van der Waals surface area (Å²) in [5, 5.41) is 8.89. The molecule has 1 aromatic carbocycles. The molecule has 1 unspecified atom stereocenters. The lowest BCUT2D eigenvalue weighted by Crippen LogP contribution is -2.10. The second-order valence-electron chi connectivity index (χ2n) is 4.91. The maximum atomic E-state index is 12.1. The maximum absolute atomic E-state index is 12.1. The van der Waals surface area contributed by atoms with E-state index in [2.05, 4.69) is 6.07 Å². The van der Waals surface area contributed by atoms with Gasteiger partial charge in [0.1, 0.15) is 0 Å². The van der Waals surface area contributed by atoms with Crippen molar-refractivity contribution in [1.29, 1.82) is 5.26 Å². The van der Waals surface area contributed by atoms with Crippen LogP contribution in [-0.2, 0) is 10.8 Å². The minimum atomic E-state index is -0.941. The van der Waals surface area contributed by atoms with Crippen molar-refractivity contribution in [3.63, 3.8) is 0 Å². The van der Waals surface area contributed by atoms with Gasteiger partial charge in [0.2, 0.25) is 0 Å². The van der Waals surface area contributed by atoms with Gasteiger partial charge in [-0.2, -0.15) is 5.26 Å². The molecule has 0 N–H and O–H groups in total. The first-order valence-corrected chi connectivity index (χ1v) is 7.13. The Balaban J connectivity index is 2.53. The van der Waals surface area contributed by atoms with E-state index in [-0.39, 0.29) is 5.41 Å². The third kappa shape index (κ3) is 4.32. The molecule has 0 bridgehead atoms. The molecule has 1 atom stereocenters. The summed E-state index contributed by atoms with van der Waals surface area (Å²) in [4.78, 5) is 0.919. The molecule has 17 heavy (non-hydrogen) atoms. The molecule has 1 rings (SSSR count). The summed E-state index contributed by atoms with van der Waals surface area (Å²) in [6, 6.07) is 10.0. The Hall–Kier alpha value is -1.14. The second kappa shape index (κ2) is 5.97. The number of nitriles is 1. The highest BCUT2D eigenvalue weighted by molar-refractivity contribution is 7.85. The molecule has 2 nitrogen and oxygen atoms in total. The van der Waals surface area contributed by atoms with Gasteiger partial charge in [0, 0.05) is 10.6 Å².